The number of aliphatic imine (C=N–C) groups is 1. The zero-order valence-electron chi connectivity index (χ0n) is 11.1. The average molecular weight is 256 g/mol. The molecule has 0 radical (unpaired) electrons. The van der Waals surface area contributed by atoms with Crippen molar-refractivity contribution in [1.82, 2.24) is 5.32 Å². The van der Waals surface area contributed by atoms with Gasteiger partial charge in [-0.2, -0.15) is 0 Å². The molecule has 0 aliphatic carbocycles. The van der Waals surface area contributed by atoms with Crippen LogP contribution >= 0.6 is 11.8 Å². The number of hydrogen-bond acceptors (Lipinski definition) is 4. The Labute approximate surface area is 109 Å². The smallest absolute Gasteiger partial charge is 0.157 e. The van der Waals surface area contributed by atoms with Crippen LogP contribution in [0.4, 0.5) is 0 Å². The molecule has 0 bridgehead atoms. The molecule has 3 atom stereocenters. The van der Waals surface area contributed by atoms with Gasteiger partial charge < -0.3 is 10.1 Å². The molecule has 0 aromatic carbocycles. The van der Waals surface area contributed by atoms with Gasteiger partial charge in [-0.3, -0.25) is 4.99 Å². The third-order valence-corrected chi connectivity index (χ3v) is 4.55. The Morgan fingerprint density at radius 2 is 2.35 bits per heavy atom. The Kier molecular flexibility index (Phi) is 4.74. The summed E-state index contributed by atoms with van der Waals surface area (Å²) < 4.78 is 5.46. The highest BCUT2D eigenvalue weighted by Gasteiger charge is 2.26. The lowest BCUT2D eigenvalue weighted by Gasteiger charge is -2.30. The lowest BCUT2D eigenvalue weighted by Crippen LogP contribution is -2.43. The zero-order chi connectivity index (χ0) is 12.3. The Morgan fingerprint density at radius 3 is 3.06 bits per heavy atom. The van der Waals surface area contributed by atoms with E-state index >= 15 is 0 Å². The maximum Gasteiger partial charge on any atom is 0.157 e. The fourth-order valence-electron chi connectivity index (χ4n) is 2.40. The molecule has 2 aliphatic heterocycles. The normalized spacial score (nSPS) is 33.9. The molecule has 2 heterocycles. The number of ether oxygens (including phenoxy) is 1. The van der Waals surface area contributed by atoms with Crippen molar-refractivity contribution in [3.05, 3.63) is 0 Å². The van der Waals surface area contributed by atoms with Gasteiger partial charge >= 0.3 is 0 Å². The second-order valence-corrected chi connectivity index (χ2v) is 6.90. The number of thioether (sulfide) groups is 1. The summed E-state index contributed by atoms with van der Waals surface area (Å²) in [6.07, 6.45) is 2.37. The molecule has 98 valence electrons. The molecule has 1 saturated heterocycles. The quantitative estimate of drug-likeness (QED) is 0.842. The van der Waals surface area contributed by atoms with Crippen molar-refractivity contribution in [2.75, 3.05) is 19.8 Å². The monoisotopic (exact) mass is 256 g/mol. The molecule has 4 heteroatoms. The number of nitrogens with zero attached hydrogens (tertiary/aromatic N) is 1. The van der Waals surface area contributed by atoms with Gasteiger partial charge in [0.2, 0.25) is 0 Å². The largest absolute Gasteiger partial charge is 0.381 e. The first kappa shape index (κ1) is 13.2. The molecule has 3 unspecified atom stereocenters. The number of nitrogens with one attached hydrogen (secondary N) is 1. The summed E-state index contributed by atoms with van der Waals surface area (Å²) in [4.78, 5) is 4.63. The van der Waals surface area contributed by atoms with Crippen LogP contribution in [0.1, 0.15) is 33.6 Å². The van der Waals surface area contributed by atoms with E-state index in [0.29, 0.717) is 17.2 Å². The summed E-state index contributed by atoms with van der Waals surface area (Å²) in [6.45, 7) is 9.57. The molecule has 0 aromatic heterocycles. The second-order valence-electron chi connectivity index (χ2n) is 5.61. The van der Waals surface area contributed by atoms with Crippen molar-refractivity contribution in [3.63, 3.8) is 0 Å². The molecule has 1 fully saturated rings. The molecule has 0 spiro atoms. The van der Waals surface area contributed by atoms with Gasteiger partial charge in [-0.1, -0.05) is 32.5 Å². The van der Waals surface area contributed by atoms with Crippen LogP contribution in [0.5, 0.6) is 0 Å². The number of hydrogen-bond donors (Lipinski definition) is 1. The van der Waals surface area contributed by atoms with Crippen LogP contribution in [0.15, 0.2) is 4.99 Å². The maximum atomic E-state index is 5.46. The first-order chi connectivity index (χ1) is 8.15. The summed E-state index contributed by atoms with van der Waals surface area (Å²) in [6, 6.07) is 0.549. The van der Waals surface area contributed by atoms with Crippen molar-refractivity contribution < 1.29 is 4.74 Å². The standard InChI is InChI=1S/C13H24N2OS/c1-9(2)6-11-7-14-13(17-11)15-12-4-5-16-8-10(12)3/h9-12H,4-8H2,1-3H3,(H,14,15). The first-order valence-corrected chi connectivity index (χ1v) is 7.58. The number of amidine groups is 1. The molecular weight excluding hydrogens is 232 g/mol. The van der Waals surface area contributed by atoms with E-state index in [1.54, 1.807) is 0 Å². The van der Waals surface area contributed by atoms with E-state index in [9.17, 15) is 0 Å². The summed E-state index contributed by atoms with van der Waals surface area (Å²) in [5.41, 5.74) is 0. The van der Waals surface area contributed by atoms with Crippen LogP contribution in [0.3, 0.4) is 0 Å². The minimum Gasteiger partial charge on any atom is -0.381 e. The molecule has 17 heavy (non-hydrogen) atoms. The summed E-state index contributed by atoms with van der Waals surface area (Å²) >= 11 is 1.93. The molecule has 0 aromatic rings. The van der Waals surface area contributed by atoms with E-state index in [1.807, 2.05) is 11.8 Å². The molecule has 3 nitrogen and oxygen atoms in total. The predicted octanol–water partition coefficient (Wildman–Crippen LogP) is 2.52. The minimum absolute atomic E-state index is 0.549. The lowest BCUT2D eigenvalue weighted by atomic mass is 9.98. The van der Waals surface area contributed by atoms with Gasteiger partial charge in [-0.25, -0.2) is 0 Å². The van der Waals surface area contributed by atoms with Crippen LogP contribution in [-0.2, 0) is 4.74 Å². The Balaban J connectivity index is 1.76. The topological polar surface area (TPSA) is 33.6 Å². The highest BCUT2D eigenvalue weighted by atomic mass is 32.2. The van der Waals surface area contributed by atoms with Gasteiger partial charge in [0.15, 0.2) is 5.17 Å². The molecule has 2 rings (SSSR count). The van der Waals surface area contributed by atoms with Gasteiger partial charge in [0.25, 0.3) is 0 Å². The maximum absolute atomic E-state index is 5.46. The van der Waals surface area contributed by atoms with Crippen molar-refractivity contribution >= 4 is 16.9 Å². The van der Waals surface area contributed by atoms with Crippen LogP contribution in [0, 0.1) is 11.8 Å². The van der Waals surface area contributed by atoms with Crippen LogP contribution < -0.4 is 5.32 Å². The summed E-state index contributed by atoms with van der Waals surface area (Å²) in [5, 5.41) is 5.45. The molecule has 2 aliphatic rings. The average Bonchev–Trinajstić information content (AvgIpc) is 2.68. The van der Waals surface area contributed by atoms with Crippen molar-refractivity contribution in [2.45, 2.75) is 44.9 Å². The van der Waals surface area contributed by atoms with E-state index < -0.39 is 0 Å². The zero-order valence-corrected chi connectivity index (χ0v) is 11.9. The predicted molar refractivity (Wildman–Crippen MR) is 74.7 cm³/mol. The third-order valence-electron chi connectivity index (χ3n) is 3.40. The highest BCUT2D eigenvalue weighted by molar-refractivity contribution is 8.14. The van der Waals surface area contributed by atoms with Crippen molar-refractivity contribution in [2.24, 2.45) is 16.8 Å². The van der Waals surface area contributed by atoms with Crippen LogP contribution in [0.25, 0.3) is 0 Å². The third kappa shape index (κ3) is 3.88. The Bertz CT molecular complexity index is 281. The highest BCUT2D eigenvalue weighted by Crippen LogP contribution is 2.26. The van der Waals surface area contributed by atoms with Gasteiger partial charge in [0.05, 0.1) is 13.2 Å². The number of rotatable bonds is 3. The Morgan fingerprint density at radius 1 is 1.53 bits per heavy atom. The van der Waals surface area contributed by atoms with E-state index in [4.69, 9.17) is 4.74 Å². The fraction of sp³-hybridized carbons (Fsp3) is 0.923. The van der Waals surface area contributed by atoms with Gasteiger partial charge in [0.1, 0.15) is 0 Å². The molecule has 1 N–H and O–H groups in total. The van der Waals surface area contributed by atoms with E-state index in [1.165, 1.54) is 6.42 Å². The van der Waals surface area contributed by atoms with Crippen molar-refractivity contribution in [3.8, 4) is 0 Å². The summed E-state index contributed by atoms with van der Waals surface area (Å²) in [5.74, 6) is 1.36. The van der Waals surface area contributed by atoms with Crippen LogP contribution in [-0.4, -0.2) is 36.2 Å². The van der Waals surface area contributed by atoms with Gasteiger partial charge in [-0.15, -0.1) is 0 Å². The molecular formula is C13H24N2OS. The second kappa shape index (κ2) is 6.10. The van der Waals surface area contributed by atoms with Crippen molar-refractivity contribution in [1.29, 1.82) is 0 Å². The fourth-order valence-corrected chi connectivity index (χ4v) is 3.71. The summed E-state index contributed by atoms with van der Waals surface area (Å²) in [7, 11) is 0. The van der Waals surface area contributed by atoms with Gasteiger partial charge in [0, 0.05) is 17.9 Å². The SMILES string of the molecule is CC(C)CC1CN=C(NC2CCOCC2C)S1. The molecule has 0 saturated carbocycles. The van der Waals surface area contributed by atoms with E-state index in [-0.39, 0.29) is 0 Å². The van der Waals surface area contributed by atoms with Crippen LogP contribution in [0.2, 0.25) is 0 Å². The van der Waals surface area contributed by atoms with E-state index in [2.05, 4.69) is 31.1 Å². The van der Waals surface area contributed by atoms with Gasteiger partial charge in [-0.05, 0) is 24.7 Å². The minimum atomic E-state index is 0.549. The lowest BCUT2D eigenvalue weighted by molar-refractivity contribution is 0.0443. The molecule has 0 amide bonds. The first-order valence-electron chi connectivity index (χ1n) is 6.70. The Hall–Kier alpha value is -0.220. The van der Waals surface area contributed by atoms with E-state index in [0.717, 1.165) is 37.3 Å².